The second-order valence-electron chi connectivity index (χ2n) is 8.35. The number of aliphatic carboxylic acids is 2. The topological polar surface area (TPSA) is 142 Å². The van der Waals surface area contributed by atoms with Crippen LogP contribution < -0.4 is 16.0 Å². The molecule has 0 spiro atoms. The van der Waals surface area contributed by atoms with Crippen molar-refractivity contribution in [1.29, 1.82) is 0 Å². The van der Waals surface area contributed by atoms with Gasteiger partial charge in [0.2, 0.25) is 5.91 Å². The Morgan fingerprint density at radius 3 is 2.66 bits per heavy atom. The number of ether oxygens (including phenoxy) is 1. The Labute approximate surface area is 191 Å². The van der Waals surface area contributed by atoms with Gasteiger partial charge < -0.3 is 26.0 Å². The fraction of sp³-hybridized carbons (Fsp3) is 0.591. The van der Waals surface area contributed by atoms with Crippen LogP contribution in [0.5, 0.6) is 0 Å². The molecule has 3 rings (SSSR count). The second kappa shape index (κ2) is 11.1. The number of para-hydroxylation sites is 1. The number of nitrogens with one attached hydrogen (secondary N) is 1. The van der Waals surface area contributed by atoms with Crippen molar-refractivity contribution in [2.75, 3.05) is 37.7 Å². The van der Waals surface area contributed by atoms with Crippen molar-refractivity contribution in [2.45, 2.75) is 41.9 Å². The van der Waals surface area contributed by atoms with Crippen molar-refractivity contribution in [1.82, 2.24) is 5.32 Å². The molecular weight excluding hydrogens is 434 g/mol. The van der Waals surface area contributed by atoms with Crippen LogP contribution in [0, 0.1) is 11.8 Å². The number of fused-ring (bicyclic) bond motifs is 1. The number of rotatable bonds is 10. The lowest BCUT2D eigenvalue weighted by atomic mass is 9.93. The van der Waals surface area contributed by atoms with Crippen LogP contribution in [0.1, 0.15) is 32.1 Å². The summed E-state index contributed by atoms with van der Waals surface area (Å²) in [6, 6.07) is 6.83. The maximum Gasteiger partial charge on any atom is 0.323 e. The van der Waals surface area contributed by atoms with Crippen LogP contribution >= 0.6 is 11.8 Å². The van der Waals surface area contributed by atoms with Crippen LogP contribution in [-0.4, -0.2) is 65.8 Å². The summed E-state index contributed by atoms with van der Waals surface area (Å²) in [7, 11) is 0. The number of anilines is 1. The molecule has 9 nitrogen and oxygen atoms in total. The maximum atomic E-state index is 12.9. The van der Waals surface area contributed by atoms with E-state index in [1.165, 1.54) is 0 Å². The first kappa shape index (κ1) is 24.5. The minimum atomic E-state index is -1.43. The van der Waals surface area contributed by atoms with E-state index >= 15 is 0 Å². The number of carboxylic acids is 2. The molecular formula is C22H31N3O6S. The SMILES string of the molecule is N[C@]1([C@@H](CCOCCC2CCNCC2)C(=O)O)CC(=O)N(CC(=O)O)c2ccccc2S1. The monoisotopic (exact) mass is 465 g/mol. The number of nitrogens with two attached hydrogens (primary N) is 1. The first-order chi connectivity index (χ1) is 15.3. The van der Waals surface area contributed by atoms with Gasteiger partial charge in [-0.15, -0.1) is 11.8 Å². The third-order valence-electron chi connectivity index (χ3n) is 6.05. The molecule has 1 amide bonds. The van der Waals surface area contributed by atoms with Gasteiger partial charge in [-0.05, 0) is 56.8 Å². The lowest BCUT2D eigenvalue weighted by molar-refractivity contribution is -0.144. The van der Waals surface area contributed by atoms with E-state index in [4.69, 9.17) is 10.5 Å². The Morgan fingerprint density at radius 1 is 1.25 bits per heavy atom. The molecule has 0 bridgehead atoms. The molecule has 2 atom stereocenters. The highest BCUT2D eigenvalue weighted by Gasteiger charge is 2.46. The highest BCUT2D eigenvalue weighted by molar-refractivity contribution is 8.00. The summed E-state index contributed by atoms with van der Waals surface area (Å²) in [5.74, 6) is -3.17. The van der Waals surface area contributed by atoms with Gasteiger partial charge in [0.05, 0.1) is 22.9 Å². The third-order valence-corrected chi connectivity index (χ3v) is 7.42. The molecule has 2 heterocycles. The average Bonchev–Trinajstić information content (AvgIpc) is 2.85. The van der Waals surface area contributed by atoms with Crippen molar-refractivity contribution < 1.29 is 29.3 Å². The number of hydrogen-bond acceptors (Lipinski definition) is 7. The molecule has 10 heteroatoms. The lowest BCUT2D eigenvalue weighted by Gasteiger charge is -2.33. The first-order valence-electron chi connectivity index (χ1n) is 10.9. The van der Waals surface area contributed by atoms with Crippen LogP contribution in [0.2, 0.25) is 0 Å². The predicted octanol–water partition coefficient (Wildman–Crippen LogP) is 1.75. The van der Waals surface area contributed by atoms with Crippen molar-refractivity contribution in [3.8, 4) is 0 Å². The van der Waals surface area contributed by atoms with E-state index in [-0.39, 0.29) is 19.4 Å². The van der Waals surface area contributed by atoms with Crippen molar-refractivity contribution in [2.24, 2.45) is 17.6 Å². The zero-order valence-corrected chi connectivity index (χ0v) is 18.8. The number of amides is 1. The molecule has 0 aromatic heterocycles. The summed E-state index contributed by atoms with van der Waals surface area (Å²) in [4.78, 5) is 36.7. The molecule has 176 valence electrons. The Hall–Kier alpha value is -2.14. The van der Waals surface area contributed by atoms with Gasteiger partial charge in [0.15, 0.2) is 0 Å². The fourth-order valence-corrected chi connectivity index (χ4v) is 5.67. The Morgan fingerprint density at radius 2 is 1.97 bits per heavy atom. The molecule has 1 saturated heterocycles. The summed E-state index contributed by atoms with van der Waals surface area (Å²) in [5.41, 5.74) is 6.99. The average molecular weight is 466 g/mol. The Balaban J connectivity index is 1.67. The minimum Gasteiger partial charge on any atom is -0.481 e. The normalized spacial score (nSPS) is 22.8. The summed E-state index contributed by atoms with van der Waals surface area (Å²) in [6.07, 6.45) is 3.07. The molecule has 2 aliphatic heterocycles. The number of carboxylic acid groups (broad SMARTS) is 2. The Bertz CT molecular complexity index is 832. The third kappa shape index (κ3) is 6.22. The van der Waals surface area contributed by atoms with Crippen LogP contribution in [0.15, 0.2) is 29.2 Å². The van der Waals surface area contributed by atoms with Crippen molar-refractivity contribution >= 4 is 35.3 Å². The first-order valence-corrected chi connectivity index (χ1v) is 11.7. The van der Waals surface area contributed by atoms with Gasteiger partial charge >= 0.3 is 11.9 Å². The van der Waals surface area contributed by atoms with Gasteiger partial charge in [0.25, 0.3) is 0 Å². The van der Waals surface area contributed by atoms with Crippen molar-refractivity contribution in [3.05, 3.63) is 24.3 Å². The number of carbonyl (C=O) groups is 3. The van der Waals surface area contributed by atoms with E-state index in [2.05, 4.69) is 5.32 Å². The van der Waals surface area contributed by atoms with E-state index < -0.39 is 35.2 Å². The second-order valence-corrected chi connectivity index (χ2v) is 9.75. The maximum absolute atomic E-state index is 12.9. The molecule has 1 aromatic rings. The quantitative estimate of drug-likeness (QED) is 0.380. The number of carbonyl (C=O) groups excluding carboxylic acids is 1. The van der Waals surface area contributed by atoms with Gasteiger partial charge in [-0.3, -0.25) is 19.3 Å². The van der Waals surface area contributed by atoms with Gasteiger partial charge in [0.1, 0.15) is 6.54 Å². The standard InChI is InChI=1S/C22H31N3O6S/c23-22(16(21(29)30)8-12-31-11-7-15-5-9-24-10-6-15)13-19(26)25(14-20(27)28)17-3-1-2-4-18(17)32-22/h1-4,15-16,24H,5-14,23H2,(H,27,28)(H,29,30)/t16-,22+/m0/s1. The smallest absolute Gasteiger partial charge is 0.323 e. The van der Waals surface area contributed by atoms with E-state index in [0.717, 1.165) is 49.0 Å². The lowest BCUT2D eigenvalue weighted by Crippen LogP contribution is -2.51. The van der Waals surface area contributed by atoms with E-state index in [1.807, 2.05) is 0 Å². The minimum absolute atomic E-state index is 0.166. The number of benzene rings is 1. The summed E-state index contributed by atoms with van der Waals surface area (Å²) in [5, 5.41) is 22.5. The zero-order chi connectivity index (χ0) is 23.1. The number of piperidine rings is 1. The molecule has 1 aromatic carbocycles. The fourth-order valence-electron chi connectivity index (χ4n) is 4.28. The van der Waals surface area contributed by atoms with Gasteiger partial charge in [-0.2, -0.15) is 0 Å². The molecule has 0 radical (unpaired) electrons. The highest BCUT2D eigenvalue weighted by atomic mass is 32.2. The largest absolute Gasteiger partial charge is 0.481 e. The molecule has 2 aliphatic rings. The van der Waals surface area contributed by atoms with Crippen LogP contribution in [0.4, 0.5) is 5.69 Å². The number of nitrogens with zero attached hydrogens (tertiary/aromatic N) is 1. The van der Waals surface area contributed by atoms with Gasteiger partial charge in [-0.1, -0.05) is 12.1 Å². The van der Waals surface area contributed by atoms with Gasteiger partial charge in [-0.25, -0.2) is 0 Å². The molecule has 1 fully saturated rings. The zero-order valence-electron chi connectivity index (χ0n) is 18.0. The van der Waals surface area contributed by atoms with E-state index in [0.29, 0.717) is 23.1 Å². The molecule has 0 saturated carbocycles. The highest BCUT2D eigenvalue weighted by Crippen LogP contribution is 2.46. The van der Waals surface area contributed by atoms with Gasteiger partial charge in [0, 0.05) is 18.1 Å². The number of thioether (sulfide) groups is 1. The molecule has 0 aliphatic carbocycles. The number of hydrogen-bond donors (Lipinski definition) is 4. The molecule has 0 unspecified atom stereocenters. The molecule has 32 heavy (non-hydrogen) atoms. The Kier molecular flexibility index (Phi) is 8.52. The summed E-state index contributed by atoms with van der Waals surface area (Å²) >= 11 is 1.12. The van der Waals surface area contributed by atoms with E-state index in [1.54, 1.807) is 24.3 Å². The van der Waals surface area contributed by atoms with E-state index in [9.17, 15) is 24.6 Å². The van der Waals surface area contributed by atoms with Crippen LogP contribution in [0.3, 0.4) is 0 Å². The van der Waals surface area contributed by atoms with Crippen molar-refractivity contribution in [3.63, 3.8) is 0 Å². The van der Waals surface area contributed by atoms with Crippen LogP contribution in [0.25, 0.3) is 0 Å². The summed E-state index contributed by atoms with van der Waals surface area (Å²) < 4.78 is 5.73. The molecule has 5 N–H and O–H groups in total. The van der Waals surface area contributed by atoms with Crippen LogP contribution in [-0.2, 0) is 19.1 Å². The summed E-state index contributed by atoms with van der Waals surface area (Å²) in [6.45, 7) is 2.33. The predicted molar refractivity (Wildman–Crippen MR) is 121 cm³/mol.